The number of nitrogens with one attached hydrogen (secondary N) is 2. The minimum Gasteiger partial charge on any atom is -0.497 e. The van der Waals surface area contributed by atoms with Crippen molar-refractivity contribution in [1.29, 1.82) is 0 Å². The van der Waals surface area contributed by atoms with Crippen LogP contribution in [0.3, 0.4) is 0 Å². The van der Waals surface area contributed by atoms with Crippen LogP contribution in [0.4, 0.5) is 10.1 Å². The molecule has 0 amide bonds. The molecule has 4 aromatic rings. The van der Waals surface area contributed by atoms with Crippen molar-refractivity contribution in [3.8, 4) is 28.1 Å². The molecule has 3 aromatic carbocycles. The molecule has 0 bridgehead atoms. The number of halogens is 1. The van der Waals surface area contributed by atoms with E-state index in [0.717, 1.165) is 22.4 Å². The van der Waals surface area contributed by atoms with Gasteiger partial charge in [-0.1, -0.05) is 24.3 Å². The van der Waals surface area contributed by atoms with Gasteiger partial charge in [0, 0.05) is 11.8 Å². The van der Waals surface area contributed by atoms with Crippen LogP contribution in [-0.2, 0) is 0 Å². The lowest BCUT2D eigenvalue weighted by Gasteiger charge is -2.03. The number of aromatic amines is 2. The van der Waals surface area contributed by atoms with Gasteiger partial charge in [0.1, 0.15) is 11.6 Å². The van der Waals surface area contributed by atoms with E-state index in [-0.39, 0.29) is 11.4 Å². The van der Waals surface area contributed by atoms with Crippen LogP contribution < -0.4 is 10.3 Å². The van der Waals surface area contributed by atoms with Crippen molar-refractivity contribution in [2.45, 2.75) is 0 Å². The lowest BCUT2D eigenvalue weighted by Crippen LogP contribution is -2.05. The van der Waals surface area contributed by atoms with Crippen LogP contribution >= 0.6 is 0 Å². The third-order valence-corrected chi connectivity index (χ3v) is 4.58. The number of rotatable bonds is 5. The molecular formula is C23H18FN3O2. The summed E-state index contributed by atoms with van der Waals surface area (Å²) in [6, 6.07) is 21.2. The minimum absolute atomic E-state index is 0.248. The predicted molar refractivity (Wildman–Crippen MR) is 112 cm³/mol. The molecule has 0 fully saturated rings. The molecule has 144 valence electrons. The number of benzene rings is 3. The smallest absolute Gasteiger partial charge is 0.273 e. The molecule has 0 aliphatic carbocycles. The number of aliphatic imine (C=N–C) groups is 1. The highest BCUT2D eigenvalue weighted by Gasteiger charge is 2.10. The Bertz CT molecular complexity index is 1190. The van der Waals surface area contributed by atoms with Gasteiger partial charge >= 0.3 is 0 Å². The number of aromatic nitrogens is 2. The third kappa shape index (κ3) is 4.01. The summed E-state index contributed by atoms with van der Waals surface area (Å²) in [5, 5.41) is 5.50. The largest absolute Gasteiger partial charge is 0.497 e. The molecule has 0 saturated carbocycles. The first-order valence-corrected chi connectivity index (χ1v) is 8.99. The summed E-state index contributed by atoms with van der Waals surface area (Å²) in [5.74, 6) is 0.474. The molecule has 5 nitrogen and oxygen atoms in total. The quantitative estimate of drug-likeness (QED) is 0.477. The molecule has 0 aliphatic rings. The molecule has 4 rings (SSSR count). The van der Waals surface area contributed by atoms with Gasteiger partial charge in [0.15, 0.2) is 0 Å². The Morgan fingerprint density at radius 2 is 1.41 bits per heavy atom. The Kier molecular flexibility index (Phi) is 5.07. The van der Waals surface area contributed by atoms with E-state index in [4.69, 9.17) is 4.74 Å². The average Bonchev–Trinajstić information content (AvgIpc) is 3.13. The SMILES string of the molecule is COc1ccc(-c2[nH][nH]c(=O)c2C=Nc2ccc(-c3ccc(F)cc3)cc2)cc1. The fraction of sp³-hybridized carbons (Fsp3) is 0.0435. The van der Waals surface area contributed by atoms with Gasteiger partial charge in [0.05, 0.1) is 24.1 Å². The normalized spacial score (nSPS) is 11.1. The fourth-order valence-corrected chi connectivity index (χ4v) is 3.00. The van der Waals surface area contributed by atoms with Gasteiger partial charge < -0.3 is 4.74 Å². The summed E-state index contributed by atoms with van der Waals surface area (Å²) in [5.41, 5.74) is 4.28. The van der Waals surface area contributed by atoms with Gasteiger partial charge in [-0.15, -0.1) is 0 Å². The maximum absolute atomic E-state index is 13.1. The van der Waals surface area contributed by atoms with E-state index in [9.17, 15) is 9.18 Å². The molecule has 29 heavy (non-hydrogen) atoms. The molecule has 0 aliphatic heterocycles. The minimum atomic E-state index is -0.264. The van der Waals surface area contributed by atoms with E-state index in [0.29, 0.717) is 16.9 Å². The second-order valence-corrected chi connectivity index (χ2v) is 6.41. The summed E-state index contributed by atoms with van der Waals surface area (Å²) < 4.78 is 18.2. The zero-order valence-electron chi connectivity index (χ0n) is 15.6. The van der Waals surface area contributed by atoms with Gasteiger partial charge in [-0.3, -0.25) is 20.0 Å². The molecule has 6 heteroatoms. The zero-order chi connectivity index (χ0) is 20.2. The predicted octanol–water partition coefficient (Wildman–Crippen LogP) is 4.94. The Morgan fingerprint density at radius 3 is 2.03 bits per heavy atom. The van der Waals surface area contributed by atoms with Crippen LogP contribution in [0.25, 0.3) is 22.4 Å². The summed E-state index contributed by atoms with van der Waals surface area (Å²) in [6.07, 6.45) is 1.54. The highest BCUT2D eigenvalue weighted by atomic mass is 19.1. The first-order chi connectivity index (χ1) is 14.1. The fourth-order valence-electron chi connectivity index (χ4n) is 3.00. The highest BCUT2D eigenvalue weighted by molar-refractivity contribution is 5.90. The van der Waals surface area contributed by atoms with Crippen LogP contribution in [0.5, 0.6) is 5.75 Å². The van der Waals surface area contributed by atoms with Gasteiger partial charge in [-0.2, -0.15) is 0 Å². The van der Waals surface area contributed by atoms with Gasteiger partial charge in [-0.05, 0) is 59.7 Å². The first-order valence-electron chi connectivity index (χ1n) is 8.99. The van der Waals surface area contributed by atoms with Crippen molar-refractivity contribution in [2.75, 3.05) is 7.11 Å². The molecule has 0 spiro atoms. The summed E-state index contributed by atoms with van der Waals surface area (Å²) >= 11 is 0. The Hall–Kier alpha value is -3.93. The number of methoxy groups -OCH3 is 1. The molecule has 2 N–H and O–H groups in total. The molecule has 0 atom stereocenters. The topological polar surface area (TPSA) is 70.2 Å². The lowest BCUT2D eigenvalue weighted by atomic mass is 10.1. The number of ether oxygens (including phenoxy) is 1. The van der Waals surface area contributed by atoms with Gasteiger partial charge in [-0.25, -0.2) is 4.39 Å². The Labute approximate surface area is 166 Å². The van der Waals surface area contributed by atoms with E-state index in [1.165, 1.54) is 12.1 Å². The van der Waals surface area contributed by atoms with Crippen molar-refractivity contribution < 1.29 is 9.13 Å². The van der Waals surface area contributed by atoms with E-state index in [1.54, 1.807) is 25.5 Å². The van der Waals surface area contributed by atoms with Crippen LogP contribution in [0.15, 0.2) is 82.6 Å². The molecule has 0 saturated heterocycles. The van der Waals surface area contributed by atoms with Crippen LogP contribution in [0, 0.1) is 5.82 Å². The van der Waals surface area contributed by atoms with Crippen LogP contribution in [0.1, 0.15) is 5.56 Å². The first kappa shape index (κ1) is 18.4. The van der Waals surface area contributed by atoms with Gasteiger partial charge in [0.2, 0.25) is 0 Å². The van der Waals surface area contributed by atoms with Crippen molar-refractivity contribution in [3.63, 3.8) is 0 Å². The number of hydrogen-bond acceptors (Lipinski definition) is 3. The monoisotopic (exact) mass is 387 g/mol. The second-order valence-electron chi connectivity index (χ2n) is 6.41. The molecule has 1 aromatic heterocycles. The molecule has 1 heterocycles. The maximum Gasteiger partial charge on any atom is 0.273 e. The summed E-state index contributed by atoms with van der Waals surface area (Å²) in [7, 11) is 1.60. The zero-order valence-corrected chi connectivity index (χ0v) is 15.6. The van der Waals surface area contributed by atoms with Crippen LogP contribution in [0.2, 0.25) is 0 Å². The summed E-state index contributed by atoms with van der Waals surface area (Å²) in [4.78, 5) is 16.6. The average molecular weight is 387 g/mol. The Balaban J connectivity index is 1.58. The standard InChI is InChI=1S/C23H18FN3O2/c1-29-20-12-6-17(7-13-20)22-21(23(28)27-26-22)14-25-19-10-4-16(5-11-19)15-2-8-18(24)9-3-15/h2-14H,1H3,(H2,26,27,28). The second kappa shape index (κ2) is 7.98. The van der Waals surface area contributed by atoms with E-state index < -0.39 is 0 Å². The van der Waals surface area contributed by atoms with E-state index in [1.807, 2.05) is 48.5 Å². The van der Waals surface area contributed by atoms with Gasteiger partial charge in [0.25, 0.3) is 5.56 Å². The summed E-state index contributed by atoms with van der Waals surface area (Å²) in [6.45, 7) is 0. The lowest BCUT2D eigenvalue weighted by molar-refractivity contribution is 0.415. The number of hydrogen-bond donors (Lipinski definition) is 2. The molecule has 0 radical (unpaired) electrons. The van der Waals surface area contributed by atoms with Crippen molar-refractivity contribution >= 4 is 11.9 Å². The highest BCUT2D eigenvalue weighted by Crippen LogP contribution is 2.24. The van der Waals surface area contributed by atoms with Crippen LogP contribution in [-0.4, -0.2) is 23.5 Å². The number of nitrogens with zero attached hydrogens (tertiary/aromatic N) is 1. The van der Waals surface area contributed by atoms with E-state index >= 15 is 0 Å². The van der Waals surface area contributed by atoms with E-state index in [2.05, 4.69) is 15.2 Å². The maximum atomic E-state index is 13.1. The van der Waals surface area contributed by atoms with Crippen molar-refractivity contribution in [3.05, 3.63) is 94.5 Å². The third-order valence-electron chi connectivity index (χ3n) is 4.58. The molecule has 0 unspecified atom stereocenters. The van der Waals surface area contributed by atoms with Crippen molar-refractivity contribution in [1.82, 2.24) is 10.2 Å². The Morgan fingerprint density at radius 1 is 0.828 bits per heavy atom. The molecular weight excluding hydrogens is 369 g/mol. The number of H-pyrrole nitrogens is 2. The van der Waals surface area contributed by atoms with Crippen molar-refractivity contribution in [2.24, 2.45) is 4.99 Å².